The van der Waals surface area contributed by atoms with E-state index in [0.29, 0.717) is 18.7 Å². The molecule has 110 valence electrons. The molecule has 1 saturated heterocycles. The number of nitrogens with zero attached hydrogens (tertiary/aromatic N) is 4. The molecule has 0 saturated carbocycles. The summed E-state index contributed by atoms with van der Waals surface area (Å²) in [7, 11) is 0. The van der Waals surface area contributed by atoms with E-state index in [0.717, 1.165) is 18.4 Å². The quantitative estimate of drug-likeness (QED) is 0.913. The molecule has 6 nitrogen and oxygen atoms in total. The van der Waals surface area contributed by atoms with E-state index in [4.69, 9.17) is 0 Å². The second kappa shape index (κ2) is 5.55. The standard InChI is InChI=1S/C15H18N4O2/c1-11-4-2-6-13(20)14(11)15(21)18-8-3-5-12(10-18)19-9-7-16-17-19/h2,4,6-7,9,12,20H,3,5,8,10H2,1H3. The number of carbonyl (C=O) groups is 1. The number of benzene rings is 1. The molecule has 3 rings (SSSR count). The molecule has 1 aliphatic heterocycles. The molecule has 6 heteroatoms. The molecule has 0 spiro atoms. The van der Waals surface area contributed by atoms with Gasteiger partial charge in [0, 0.05) is 19.3 Å². The smallest absolute Gasteiger partial charge is 0.257 e. The van der Waals surface area contributed by atoms with Gasteiger partial charge < -0.3 is 10.0 Å². The van der Waals surface area contributed by atoms with E-state index < -0.39 is 0 Å². The van der Waals surface area contributed by atoms with Gasteiger partial charge in [0.2, 0.25) is 0 Å². The van der Waals surface area contributed by atoms with Crippen LogP contribution in [-0.2, 0) is 0 Å². The number of carbonyl (C=O) groups excluding carboxylic acids is 1. The predicted molar refractivity (Wildman–Crippen MR) is 77.0 cm³/mol. The lowest BCUT2D eigenvalue weighted by Gasteiger charge is -2.33. The third-order valence-corrected chi connectivity index (χ3v) is 3.96. The van der Waals surface area contributed by atoms with Crippen LogP contribution in [0.1, 0.15) is 34.8 Å². The zero-order valence-corrected chi connectivity index (χ0v) is 11.9. The Hall–Kier alpha value is -2.37. The van der Waals surface area contributed by atoms with Gasteiger partial charge in [0.05, 0.1) is 17.8 Å². The van der Waals surface area contributed by atoms with E-state index in [9.17, 15) is 9.90 Å². The van der Waals surface area contributed by atoms with Crippen molar-refractivity contribution in [3.8, 4) is 5.75 Å². The van der Waals surface area contributed by atoms with Crippen LogP contribution in [0.2, 0.25) is 0 Å². The molecule has 0 aliphatic carbocycles. The molecular weight excluding hydrogens is 268 g/mol. The Morgan fingerprint density at radius 3 is 3.00 bits per heavy atom. The summed E-state index contributed by atoms with van der Waals surface area (Å²) >= 11 is 0. The van der Waals surface area contributed by atoms with Crippen LogP contribution in [0.4, 0.5) is 0 Å². The van der Waals surface area contributed by atoms with Gasteiger partial charge in [0.1, 0.15) is 5.75 Å². The summed E-state index contributed by atoms with van der Waals surface area (Å²) in [6.07, 6.45) is 5.37. The number of aromatic nitrogens is 3. The predicted octanol–water partition coefficient (Wildman–Crippen LogP) is 1.77. The third-order valence-electron chi connectivity index (χ3n) is 3.96. The van der Waals surface area contributed by atoms with Crippen molar-refractivity contribution in [1.82, 2.24) is 19.9 Å². The largest absolute Gasteiger partial charge is 0.507 e. The zero-order chi connectivity index (χ0) is 14.8. The minimum Gasteiger partial charge on any atom is -0.507 e. The first-order valence-electron chi connectivity index (χ1n) is 7.10. The maximum Gasteiger partial charge on any atom is 0.257 e. The van der Waals surface area contributed by atoms with Gasteiger partial charge >= 0.3 is 0 Å². The SMILES string of the molecule is Cc1cccc(O)c1C(=O)N1CCCC(n2ccnn2)C1. The van der Waals surface area contributed by atoms with Crippen molar-refractivity contribution < 1.29 is 9.90 Å². The first kappa shape index (κ1) is 13.6. The van der Waals surface area contributed by atoms with Crippen LogP contribution in [-0.4, -0.2) is 44.0 Å². The molecule has 21 heavy (non-hydrogen) atoms. The molecule has 1 aromatic carbocycles. The zero-order valence-electron chi connectivity index (χ0n) is 11.9. The van der Waals surface area contributed by atoms with Gasteiger partial charge in [0.15, 0.2) is 0 Å². The Kier molecular flexibility index (Phi) is 3.60. The summed E-state index contributed by atoms with van der Waals surface area (Å²) in [4.78, 5) is 14.5. The number of piperidine rings is 1. The lowest BCUT2D eigenvalue weighted by molar-refractivity contribution is 0.0668. The molecular formula is C15H18N4O2. The molecule has 1 amide bonds. The summed E-state index contributed by atoms with van der Waals surface area (Å²) in [5.74, 6) is -0.0710. The summed E-state index contributed by atoms with van der Waals surface area (Å²) in [5, 5.41) is 17.8. The lowest BCUT2D eigenvalue weighted by atomic mass is 10.0. The number of rotatable bonds is 2. The fourth-order valence-corrected chi connectivity index (χ4v) is 2.86. The molecule has 1 aliphatic rings. The van der Waals surface area contributed by atoms with Gasteiger partial charge in [-0.1, -0.05) is 17.3 Å². The summed E-state index contributed by atoms with van der Waals surface area (Å²) in [5.41, 5.74) is 1.19. The maximum atomic E-state index is 12.7. The first-order valence-corrected chi connectivity index (χ1v) is 7.10. The number of aryl methyl sites for hydroxylation is 1. The van der Waals surface area contributed by atoms with Gasteiger partial charge in [-0.2, -0.15) is 0 Å². The highest BCUT2D eigenvalue weighted by Crippen LogP contribution is 2.26. The van der Waals surface area contributed by atoms with E-state index in [2.05, 4.69) is 10.3 Å². The highest BCUT2D eigenvalue weighted by Gasteiger charge is 2.27. The van der Waals surface area contributed by atoms with E-state index in [1.54, 1.807) is 27.9 Å². The van der Waals surface area contributed by atoms with Crippen molar-refractivity contribution in [1.29, 1.82) is 0 Å². The van der Waals surface area contributed by atoms with Crippen LogP contribution < -0.4 is 0 Å². The van der Waals surface area contributed by atoms with Gasteiger partial charge in [-0.25, -0.2) is 4.68 Å². The Labute approximate surface area is 123 Å². The van der Waals surface area contributed by atoms with Crippen molar-refractivity contribution in [2.24, 2.45) is 0 Å². The van der Waals surface area contributed by atoms with E-state index >= 15 is 0 Å². The summed E-state index contributed by atoms with van der Waals surface area (Å²) in [6, 6.07) is 5.29. The number of phenolic OH excluding ortho intramolecular Hbond substituents is 1. The average Bonchev–Trinajstić information content (AvgIpc) is 3.01. The van der Waals surface area contributed by atoms with Crippen LogP contribution in [0.5, 0.6) is 5.75 Å². The van der Waals surface area contributed by atoms with E-state index in [-0.39, 0.29) is 17.7 Å². The number of aromatic hydroxyl groups is 1. The maximum absolute atomic E-state index is 12.7. The Bertz CT molecular complexity index is 619. The molecule has 1 unspecified atom stereocenters. The van der Waals surface area contributed by atoms with Crippen LogP contribution in [0.15, 0.2) is 30.6 Å². The molecule has 2 aromatic rings. The third kappa shape index (κ3) is 2.61. The number of hydrogen-bond acceptors (Lipinski definition) is 4. The number of phenols is 1. The Morgan fingerprint density at radius 1 is 1.43 bits per heavy atom. The normalized spacial score (nSPS) is 18.7. The van der Waals surface area contributed by atoms with Crippen LogP contribution in [0.25, 0.3) is 0 Å². The van der Waals surface area contributed by atoms with Crippen LogP contribution in [0.3, 0.4) is 0 Å². The number of likely N-dealkylation sites (tertiary alicyclic amines) is 1. The van der Waals surface area contributed by atoms with Gasteiger partial charge in [0.25, 0.3) is 5.91 Å². The monoisotopic (exact) mass is 286 g/mol. The Morgan fingerprint density at radius 2 is 2.29 bits per heavy atom. The van der Waals surface area contributed by atoms with Crippen molar-refractivity contribution in [2.45, 2.75) is 25.8 Å². The molecule has 1 fully saturated rings. The number of amides is 1. The van der Waals surface area contributed by atoms with Crippen molar-refractivity contribution in [3.05, 3.63) is 41.7 Å². The van der Waals surface area contributed by atoms with E-state index in [1.807, 2.05) is 19.2 Å². The van der Waals surface area contributed by atoms with Gasteiger partial charge in [-0.3, -0.25) is 4.79 Å². The highest BCUT2D eigenvalue weighted by atomic mass is 16.3. The molecule has 0 bridgehead atoms. The lowest BCUT2D eigenvalue weighted by Crippen LogP contribution is -2.41. The number of hydrogen-bond donors (Lipinski definition) is 1. The minimum absolute atomic E-state index is 0.0443. The molecule has 1 N–H and O–H groups in total. The molecule has 1 atom stereocenters. The van der Waals surface area contributed by atoms with Crippen LogP contribution in [0, 0.1) is 6.92 Å². The first-order chi connectivity index (χ1) is 10.2. The fraction of sp³-hybridized carbons (Fsp3) is 0.400. The van der Waals surface area contributed by atoms with E-state index in [1.165, 1.54) is 0 Å². The van der Waals surface area contributed by atoms with Gasteiger partial charge in [-0.05, 0) is 31.4 Å². The summed E-state index contributed by atoms with van der Waals surface area (Å²) in [6.45, 7) is 3.14. The molecule has 2 heterocycles. The molecule has 1 aromatic heterocycles. The second-order valence-electron chi connectivity index (χ2n) is 5.40. The van der Waals surface area contributed by atoms with Crippen molar-refractivity contribution in [2.75, 3.05) is 13.1 Å². The average molecular weight is 286 g/mol. The second-order valence-corrected chi connectivity index (χ2v) is 5.40. The van der Waals surface area contributed by atoms with Crippen LogP contribution >= 0.6 is 0 Å². The topological polar surface area (TPSA) is 71.2 Å². The minimum atomic E-state index is -0.115. The summed E-state index contributed by atoms with van der Waals surface area (Å²) < 4.78 is 1.80. The Balaban J connectivity index is 1.82. The molecule has 0 radical (unpaired) electrons. The fourth-order valence-electron chi connectivity index (χ4n) is 2.86. The van der Waals surface area contributed by atoms with Gasteiger partial charge in [-0.15, -0.1) is 5.10 Å². The van der Waals surface area contributed by atoms with Crippen molar-refractivity contribution >= 4 is 5.91 Å². The highest BCUT2D eigenvalue weighted by molar-refractivity contribution is 5.98. The van der Waals surface area contributed by atoms with Crippen molar-refractivity contribution in [3.63, 3.8) is 0 Å².